The van der Waals surface area contributed by atoms with Crippen LogP contribution in [0.3, 0.4) is 0 Å². The van der Waals surface area contributed by atoms with E-state index in [2.05, 4.69) is 0 Å². The third-order valence-corrected chi connectivity index (χ3v) is 7.82. The smallest absolute Gasteiger partial charge is 0.375 e. The van der Waals surface area contributed by atoms with E-state index < -0.39 is 27.8 Å². The Balaban J connectivity index is 1.96. The van der Waals surface area contributed by atoms with Gasteiger partial charge in [-0.2, -0.15) is 17.5 Å². The first-order chi connectivity index (χ1) is 16.4. The van der Waals surface area contributed by atoms with Crippen LogP contribution in [-0.4, -0.2) is 62.2 Å². The van der Waals surface area contributed by atoms with E-state index in [0.717, 1.165) is 24.3 Å². The van der Waals surface area contributed by atoms with E-state index in [-0.39, 0.29) is 36.3 Å². The van der Waals surface area contributed by atoms with Gasteiger partial charge in [0, 0.05) is 38.3 Å². The number of halogens is 3. The van der Waals surface area contributed by atoms with Crippen LogP contribution in [0.5, 0.6) is 0 Å². The fourth-order valence-electron chi connectivity index (χ4n) is 4.02. The zero-order valence-corrected chi connectivity index (χ0v) is 20.2. The largest absolute Gasteiger partial charge is 0.416 e. The van der Waals surface area contributed by atoms with Crippen molar-refractivity contribution in [2.24, 2.45) is 0 Å². The second-order valence-corrected chi connectivity index (χ2v) is 10.3. The number of nitrogens with zero attached hydrogens (tertiary/aromatic N) is 2. The molecule has 7 nitrogen and oxygen atoms in total. The van der Waals surface area contributed by atoms with Gasteiger partial charge < -0.3 is 9.64 Å². The van der Waals surface area contributed by atoms with Crippen molar-refractivity contribution in [3.63, 3.8) is 0 Å². The number of benzene rings is 2. The van der Waals surface area contributed by atoms with Crippen molar-refractivity contribution in [1.29, 1.82) is 0 Å². The zero-order chi connectivity index (χ0) is 25.8. The molecule has 11 heteroatoms. The first-order valence-electron chi connectivity index (χ1n) is 11.0. The van der Waals surface area contributed by atoms with Gasteiger partial charge in [0.25, 0.3) is 0 Å². The Morgan fingerprint density at radius 1 is 1.09 bits per heavy atom. The summed E-state index contributed by atoms with van der Waals surface area (Å²) in [5.74, 6) is -0.403. The van der Waals surface area contributed by atoms with Crippen molar-refractivity contribution < 1.29 is 35.9 Å². The van der Waals surface area contributed by atoms with Crippen LogP contribution < -0.4 is 0 Å². The fourth-order valence-corrected chi connectivity index (χ4v) is 5.65. The number of hydrogen-bond donors (Lipinski definition) is 0. The van der Waals surface area contributed by atoms with Crippen LogP contribution in [0.4, 0.5) is 13.2 Å². The van der Waals surface area contributed by atoms with Crippen molar-refractivity contribution in [2.45, 2.75) is 43.4 Å². The molecular weight excluding hydrogens is 485 g/mol. The van der Waals surface area contributed by atoms with Gasteiger partial charge in [0.05, 0.1) is 10.5 Å². The highest BCUT2D eigenvalue weighted by Crippen LogP contribution is 2.31. The maximum Gasteiger partial charge on any atom is 0.416 e. The molecule has 35 heavy (non-hydrogen) atoms. The SMILES string of the molecule is COCC(=O)N1CCCC(N(Cc2ccc(C(C)=O)cc2)S(=O)(=O)c2ccc(C(F)(F)F)cc2)C1. The summed E-state index contributed by atoms with van der Waals surface area (Å²) in [5.41, 5.74) is 0.127. The summed E-state index contributed by atoms with van der Waals surface area (Å²) in [4.78, 5) is 25.2. The van der Waals surface area contributed by atoms with Crippen LogP contribution in [-0.2, 0) is 32.3 Å². The van der Waals surface area contributed by atoms with E-state index in [4.69, 9.17) is 4.74 Å². The van der Waals surface area contributed by atoms with Crippen molar-refractivity contribution >= 4 is 21.7 Å². The van der Waals surface area contributed by atoms with E-state index >= 15 is 0 Å². The number of hydrogen-bond acceptors (Lipinski definition) is 5. The lowest BCUT2D eigenvalue weighted by atomic mass is 10.0. The third kappa shape index (κ3) is 6.47. The maximum absolute atomic E-state index is 13.6. The number of sulfonamides is 1. The fraction of sp³-hybridized carbons (Fsp3) is 0.417. The number of alkyl halides is 3. The number of amides is 1. The van der Waals surface area contributed by atoms with Gasteiger partial charge in [0.2, 0.25) is 15.9 Å². The van der Waals surface area contributed by atoms with Crippen molar-refractivity contribution in [2.75, 3.05) is 26.8 Å². The lowest BCUT2D eigenvalue weighted by Crippen LogP contribution is -2.52. The van der Waals surface area contributed by atoms with Crippen molar-refractivity contribution in [3.8, 4) is 0 Å². The second-order valence-electron chi connectivity index (χ2n) is 8.39. The molecule has 1 saturated heterocycles. The Labute approximate surface area is 202 Å². The van der Waals surface area contributed by atoms with E-state index in [1.807, 2.05) is 0 Å². The molecule has 1 heterocycles. The molecule has 190 valence electrons. The molecule has 1 aliphatic heterocycles. The first kappa shape index (κ1) is 26.8. The van der Waals surface area contributed by atoms with Crippen LogP contribution in [0.25, 0.3) is 0 Å². The van der Waals surface area contributed by atoms with Gasteiger partial charge in [-0.3, -0.25) is 9.59 Å². The molecule has 1 aliphatic rings. The Morgan fingerprint density at radius 2 is 1.71 bits per heavy atom. The molecule has 1 fully saturated rings. The monoisotopic (exact) mass is 512 g/mol. The molecule has 2 aromatic carbocycles. The molecule has 0 N–H and O–H groups in total. The second kappa shape index (κ2) is 10.9. The molecular formula is C24H27F3N2O5S. The minimum Gasteiger partial charge on any atom is -0.375 e. The van der Waals surface area contributed by atoms with Gasteiger partial charge in [0.1, 0.15) is 6.61 Å². The lowest BCUT2D eigenvalue weighted by Gasteiger charge is -2.38. The molecule has 0 radical (unpaired) electrons. The van der Waals surface area contributed by atoms with E-state index in [0.29, 0.717) is 30.5 Å². The van der Waals surface area contributed by atoms with E-state index in [1.165, 1.54) is 23.2 Å². The summed E-state index contributed by atoms with van der Waals surface area (Å²) in [6, 6.07) is 9.24. The molecule has 1 atom stereocenters. The minimum absolute atomic E-state index is 0.0709. The number of piperidine rings is 1. The van der Waals surface area contributed by atoms with Gasteiger partial charge in [-0.05, 0) is 49.6 Å². The topological polar surface area (TPSA) is 84.0 Å². The number of Topliss-reactive ketones (excluding diaryl/α,β-unsaturated/α-hetero) is 1. The standard InChI is InChI=1S/C24H27F3N2O5S/c1-17(30)19-7-5-18(6-8-19)14-29(21-4-3-13-28(15-21)23(31)16-34-2)35(32,33)22-11-9-20(10-12-22)24(25,26)27/h5-12,21H,3-4,13-16H2,1-2H3. The van der Waals surface area contributed by atoms with Crippen LogP contribution in [0.15, 0.2) is 53.4 Å². The predicted octanol–water partition coefficient (Wildman–Crippen LogP) is 3.74. The number of likely N-dealkylation sites (tertiary alicyclic amines) is 1. The quantitative estimate of drug-likeness (QED) is 0.504. The van der Waals surface area contributed by atoms with Gasteiger partial charge >= 0.3 is 6.18 Å². The van der Waals surface area contributed by atoms with Gasteiger partial charge in [-0.15, -0.1) is 0 Å². The highest BCUT2D eigenvalue weighted by atomic mass is 32.2. The highest BCUT2D eigenvalue weighted by molar-refractivity contribution is 7.89. The number of ether oxygens (including phenoxy) is 1. The number of carbonyl (C=O) groups is 2. The summed E-state index contributed by atoms with van der Waals surface area (Å²) >= 11 is 0. The molecule has 2 aromatic rings. The van der Waals surface area contributed by atoms with E-state index in [1.54, 1.807) is 24.3 Å². The van der Waals surface area contributed by atoms with Crippen molar-refractivity contribution in [1.82, 2.24) is 9.21 Å². The third-order valence-electron chi connectivity index (χ3n) is 5.91. The van der Waals surface area contributed by atoms with Gasteiger partial charge in [0.15, 0.2) is 5.78 Å². The molecule has 0 spiro atoms. The highest BCUT2D eigenvalue weighted by Gasteiger charge is 2.36. The molecule has 0 bridgehead atoms. The zero-order valence-electron chi connectivity index (χ0n) is 19.4. The normalized spacial score (nSPS) is 17.0. The van der Waals surface area contributed by atoms with Crippen LogP contribution in [0.1, 0.15) is 41.3 Å². The Hall–Kier alpha value is -2.76. The Morgan fingerprint density at radius 3 is 2.26 bits per heavy atom. The van der Waals surface area contributed by atoms with Crippen LogP contribution in [0.2, 0.25) is 0 Å². The average Bonchev–Trinajstić information content (AvgIpc) is 2.82. The van der Waals surface area contributed by atoms with Gasteiger partial charge in [-0.1, -0.05) is 24.3 Å². The maximum atomic E-state index is 13.6. The number of carbonyl (C=O) groups excluding carboxylic acids is 2. The summed E-state index contributed by atoms with van der Waals surface area (Å²) in [7, 11) is -2.82. The Bertz CT molecular complexity index is 1150. The van der Waals surface area contributed by atoms with E-state index in [9.17, 15) is 31.2 Å². The molecule has 0 aromatic heterocycles. The van der Waals surface area contributed by atoms with Crippen molar-refractivity contribution in [3.05, 3.63) is 65.2 Å². The van der Waals surface area contributed by atoms with Gasteiger partial charge in [-0.25, -0.2) is 8.42 Å². The molecule has 3 rings (SSSR count). The lowest BCUT2D eigenvalue weighted by molar-refractivity contribution is -0.138. The first-order valence-corrected chi connectivity index (χ1v) is 12.4. The summed E-state index contributed by atoms with van der Waals surface area (Å²) < 4.78 is 72.4. The Kier molecular flexibility index (Phi) is 8.34. The number of ketones is 1. The van der Waals surface area contributed by atoms with Crippen LogP contribution >= 0.6 is 0 Å². The number of rotatable bonds is 8. The summed E-state index contributed by atoms with van der Waals surface area (Å²) in [6.45, 7) is 1.81. The van der Waals surface area contributed by atoms with Crippen LogP contribution in [0, 0.1) is 0 Å². The molecule has 1 unspecified atom stereocenters. The summed E-state index contributed by atoms with van der Waals surface area (Å²) in [6.07, 6.45) is -3.56. The molecule has 0 aliphatic carbocycles. The minimum atomic E-state index is -4.59. The molecule has 0 saturated carbocycles. The number of methoxy groups -OCH3 is 1. The average molecular weight is 513 g/mol. The summed E-state index contributed by atoms with van der Waals surface area (Å²) in [5, 5.41) is 0. The molecule has 1 amide bonds. The predicted molar refractivity (Wildman–Crippen MR) is 122 cm³/mol.